The Morgan fingerprint density at radius 1 is 1.35 bits per heavy atom. The van der Waals surface area contributed by atoms with Crippen molar-refractivity contribution in [3.8, 4) is 0 Å². The van der Waals surface area contributed by atoms with Crippen LogP contribution in [0.3, 0.4) is 0 Å². The number of benzene rings is 1. The van der Waals surface area contributed by atoms with E-state index in [2.05, 4.69) is 0 Å². The van der Waals surface area contributed by atoms with Crippen molar-refractivity contribution >= 4 is 23.5 Å². The highest BCUT2D eigenvalue weighted by molar-refractivity contribution is 6.30. The minimum absolute atomic E-state index is 0.146. The first-order valence-electron chi connectivity index (χ1n) is 7.84. The minimum Gasteiger partial charge on any atom is -0.480 e. The number of nitrogens with zero attached hydrogens (tertiary/aromatic N) is 1. The van der Waals surface area contributed by atoms with E-state index in [4.69, 9.17) is 21.4 Å². The van der Waals surface area contributed by atoms with Crippen LogP contribution in [0.2, 0.25) is 5.02 Å². The lowest BCUT2D eigenvalue weighted by atomic mass is 9.73. The maximum absolute atomic E-state index is 13.2. The standard InChI is InChI=1S/C17H22ClNO4/c1-2-8-19(12-15(20)21)16(22)17(6-9-23-10-7-17)13-4-3-5-14(18)11-13/h3-5,11H,2,6-10,12H2,1H3,(H,20,21). The van der Waals surface area contributed by atoms with Gasteiger partial charge in [-0.1, -0.05) is 30.7 Å². The molecule has 0 aromatic heterocycles. The summed E-state index contributed by atoms with van der Waals surface area (Å²) >= 11 is 6.11. The van der Waals surface area contributed by atoms with Gasteiger partial charge in [0.05, 0.1) is 5.41 Å². The monoisotopic (exact) mass is 339 g/mol. The second-order valence-electron chi connectivity index (χ2n) is 5.83. The van der Waals surface area contributed by atoms with Crippen molar-refractivity contribution < 1.29 is 19.4 Å². The molecule has 23 heavy (non-hydrogen) atoms. The molecule has 0 spiro atoms. The van der Waals surface area contributed by atoms with Crippen LogP contribution in [0.1, 0.15) is 31.7 Å². The molecule has 0 atom stereocenters. The normalized spacial score (nSPS) is 16.8. The van der Waals surface area contributed by atoms with Gasteiger partial charge >= 0.3 is 5.97 Å². The second-order valence-corrected chi connectivity index (χ2v) is 6.26. The third-order valence-corrected chi connectivity index (χ3v) is 4.47. The summed E-state index contributed by atoms with van der Waals surface area (Å²) in [6.07, 6.45) is 1.78. The van der Waals surface area contributed by atoms with Crippen LogP contribution in [0.25, 0.3) is 0 Å². The van der Waals surface area contributed by atoms with Crippen LogP contribution >= 0.6 is 11.6 Å². The molecule has 1 aromatic rings. The Bertz CT molecular complexity index is 569. The van der Waals surface area contributed by atoms with Gasteiger partial charge in [0.25, 0.3) is 0 Å². The van der Waals surface area contributed by atoms with Crippen LogP contribution in [0, 0.1) is 0 Å². The summed E-state index contributed by atoms with van der Waals surface area (Å²) in [6, 6.07) is 7.28. The molecule has 5 nitrogen and oxygen atoms in total. The lowest BCUT2D eigenvalue weighted by molar-refractivity contribution is -0.149. The maximum atomic E-state index is 13.2. The second kappa shape index (κ2) is 7.79. The Hall–Kier alpha value is -1.59. The fraction of sp³-hybridized carbons (Fsp3) is 0.529. The van der Waals surface area contributed by atoms with Crippen molar-refractivity contribution in [2.24, 2.45) is 0 Å². The highest BCUT2D eigenvalue weighted by atomic mass is 35.5. The van der Waals surface area contributed by atoms with Crippen LogP contribution < -0.4 is 0 Å². The summed E-state index contributed by atoms with van der Waals surface area (Å²) in [5.41, 5.74) is 0.0816. The van der Waals surface area contributed by atoms with Crippen LogP contribution in [-0.2, 0) is 19.7 Å². The first-order valence-corrected chi connectivity index (χ1v) is 8.22. The van der Waals surface area contributed by atoms with Gasteiger partial charge < -0.3 is 14.7 Å². The number of carboxylic acid groups (broad SMARTS) is 1. The Balaban J connectivity index is 2.40. The molecule has 1 amide bonds. The number of hydrogen-bond donors (Lipinski definition) is 1. The molecule has 2 rings (SSSR count). The molecule has 1 N–H and O–H groups in total. The molecule has 1 saturated heterocycles. The molecule has 1 aromatic carbocycles. The Morgan fingerprint density at radius 3 is 2.61 bits per heavy atom. The Labute approximate surface area is 141 Å². The number of rotatable bonds is 6. The zero-order chi connectivity index (χ0) is 16.9. The van der Waals surface area contributed by atoms with E-state index in [-0.39, 0.29) is 12.5 Å². The van der Waals surface area contributed by atoms with E-state index < -0.39 is 11.4 Å². The molecule has 0 bridgehead atoms. The van der Waals surface area contributed by atoms with Crippen LogP contribution in [0.4, 0.5) is 0 Å². The van der Waals surface area contributed by atoms with Crippen molar-refractivity contribution in [2.45, 2.75) is 31.6 Å². The molecule has 0 aliphatic carbocycles. The van der Waals surface area contributed by atoms with Crippen LogP contribution in [0.5, 0.6) is 0 Å². The molecule has 0 radical (unpaired) electrons. The van der Waals surface area contributed by atoms with Gasteiger partial charge in [0.15, 0.2) is 0 Å². The molecule has 0 unspecified atom stereocenters. The van der Waals surface area contributed by atoms with Crippen molar-refractivity contribution in [3.05, 3.63) is 34.9 Å². The third-order valence-electron chi connectivity index (χ3n) is 4.24. The van der Waals surface area contributed by atoms with Crippen molar-refractivity contribution in [3.63, 3.8) is 0 Å². The van der Waals surface area contributed by atoms with Crippen LogP contribution in [-0.4, -0.2) is 48.2 Å². The van der Waals surface area contributed by atoms with Gasteiger partial charge in [-0.3, -0.25) is 9.59 Å². The van der Waals surface area contributed by atoms with E-state index >= 15 is 0 Å². The van der Waals surface area contributed by atoms with E-state index in [1.54, 1.807) is 12.1 Å². The average Bonchev–Trinajstić information content (AvgIpc) is 2.54. The SMILES string of the molecule is CCCN(CC(=O)O)C(=O)C1(c2cccc(Cl)c2)CCOCC1. The number of amides is 1. The first kappa shape index (κ1) is 17.8. The summed E-state index contributed by atoms with van der Waals surface area (Å²) in [5.74, 6) is -1.15. The summed E-state index contributed by atoms with van der Waals surface area (Å²) in [5, 5.41) is 9.69. The van der Waals surface area contributed by atoms with Gasteiger partial charge in [0, 0.05) is 24.8 Å². The van der Waals surface area contributed by atoms with Gasteiger partial charge in [0.1, 0.15) is 6.54 Å². The zero-order valence-corrected chi connectivity index (χ0v) is 14.0. The molecular weight excluding hydrogens is 318 g/mol. The minimum atomic E-state index is -1.000. The Kier molecular flexibility index (Phi) is 6.02. The van der Waals surface area contributed by atoms with Gasteiger partial charge in [-0.25, -0.2) is 0 Å². The van der Waals surface area contributed by atoms with Crippen molar-refractivity contribution in [1.29, 1.82) is 0 Å². The molecule has 1 aliphatic heterocycles. The average molecular weight is 340 g/mol. The largest absolute Gasteiger partial charge is 0.480 e. The number of aliphatic carboxylic acids is 1. The van der Waals surface area contributed by atoms with E-state index in [1.165, 1.54) is 4.90 Å². The highest BCUT2D eigenvalue weighted by Gasteiger charge is 2.44. The van der Waals surface area contributed by atoms with Gasteiger partial charge in [-0.05, 0) is 37.0 Å². The quantitative estimate of drug-likeness (QED) is 0.865. The first-order chi connectivity index (χ1) is 11.0. The fourth-order valence-corrected chi connectivity index (χ4v) is 3.31. The van der Waals surface area contributed by atoms with Gasteiger partial charge in [0.2, 0.25) is 5.91 Å². The summed E-state index contributed by atoms with van der Waals surface area (Å²) in [6.45, 7) is 3.03. The summed E-state index contributed by atoms with van der Waals surface area (Å²) < 4.78 is 5.43. The predicted molar refractivity (Wildman–Crippen MR) is 87.7 cm³/mol. The molecule has 1 fully saturated rings. The number of halogens is 1. The topological polar surface area (TPSA) is 66.8 Å². The highest BCUT2D eigenvalue weighted by Crippen LogP contribution is 2.37. The van der Waals surface area contributed by atoms with Crippen molar-refractivity contribution in [1.82, 2.24) is 4.90 Å². The Morgan fingerprint density at radius 2 is 2.04 bits per heavy atom. The summed E-state index contributed by atoms with van der Waals surface area (Å²) in [7, 11) is 0. The molecule has 6 heteroatoms. The number of ether oxygens (including phenoxy) is 1. The zero-order valence-electron chi connectivity index (χ0n) is 13.3. The molecule has 0 saturated carbocycles. The van der Waals surface area contributed by atoms with Gasteiger partial charge in [-0.2, -0.15) is 0 Å². The third kappa shape index (κ3) is 4.03. The molecule has 1 aliphatic rings. The number of carbonyl (C=O) groups is 2. The number of carbonyl (C=O) groups excluding carboxylic acids is 1. The molecular formula is C17H22ClNO4. The molecule has 1 heterocycles. The van der Waals surface area contributed by atoms with E-state index in [9.17, 15) is 9.59 Å². The number of carboxylic acids is 1. The maximum Gasteiger partial charge on any atom is 0.323 e. The molecule has 126 valence electrons. The lowest BCUT2D eigenvalue weighted by Crippen LogP contribution is -2.51. The summed E-state index contributed by atoms with van der Waals surface area (Å²) in [4.78, 5) is 25.8. The fourth-order valence-electron chi connectivity index (χ4n) is 3.12. The predicted octanol–water partition coefficient (Wildman–Crippen LogP) is 2.71. The van der Waals surface area contributed by atoms with Crippen molar-refractivity contribution in [2.75, 3.05) is 26.3 Å². The lowest BCUT2D eigenvalue weighted by Gasteiger charge is -2.39. The number of hydrogen-bond acceptors (Lipinski definition) is 3. The van der Waals surface area contributed by atoms with E-state index in [0.29, 0.717) is 44.0 Å². The van der Waals surface area contributed by atoms with E-state index in [1.807, 2.05) is 19.1 Å². The van der Waals surface area contributed by atoms with E-state index in [0.717, 1.165) is 5.56 Å². The smallest absolute Gasteiger partial charge is 0.323 e. The van der Waals surface area contributed by atoms with Crippen LogP contribution in [0.15, 0.2) is 24.3 Å². The van der Waals surface area contributed by atoms with Gasteiger partial charge in [-0.15, -0.1) is 0 Å².